The fourth-order valence-electron chi connectivity index (χ4n) is 1.77. The third-order valence-corrected chi connectivity index (χ3v) is 2.88. The van der Waals surface area contributed by atoms with Gasteiger partial charge in [-0.3, -0.25) is 4.98 Å². The molecule has 0 amide bonds. The van der Waals surface area contributed by atoms with Crippen LogP contribution in [-0.2, 0) is 0 Å². The van der Waals surface area contributed by atoms with Gasteiger partial charge in [-0.05, 0) is 36.4 Å². The quantitative estimate of drug-likeness (QED) is 0.729. The number of phenolic OH excluding ortho intramolecular Hbond substituents is 1. The van der Waals surface area contributed by atoms with Crippen molar-refractivity contribution in [3.8, 4) is 5.75 Å². The first kappa shape index (κ1) is 13.9. The lowest BCUT2D eigenvalue weighted by Gasteiger charge is -2.11. The SMILES string of the molecule is CN(C)c1ccc(O)cc1.c1ccc2ncccc2c1. The minimum atomic E-state index is 0.311. The molecule has 2 aromatic carbocycles. The summed E-state index contributed by atoms with van der Waals surface area (Å²) in [6.45, 7) is 0. The van der Waals surface area contributed by atoms with Gasteiger partial charge < -0.3 is 10.0 Å². The lowest BCUT2D eigenvalue weighted by Crippen LogP contribution is -2.07. The molecule has 0 spiro atoms. The molecule has 20 heavy (non-hydrogen) atoms. The van der Waals surface area contributed by atoms with E-state index in [9.17, 15) is 0 Å². The molecule has 0 atom stereocenters. The number of benzene rings is 2. The molecule has 1 heterocycles. The summed E-state index contributed by atoms with van der Waals surface area (Å²) in [7, 11) is 3.93. The van der Waals surface area contributed by atoms with Crippen molar-refractivity contribution in [2.75, 3.05) is 19.0 Å². The largest absolute Gasteiger partial charge is 0.508 e. The molecule has 0 aliphatic rings. The van der Waals surface area contributed by atoms with Crippen LogP contribution in [-0.4, -0.2) is 24.2 Å². The van der Waals surface area contributed by atoms with E-state index in [2.05, 4.69) is 17.1 Å². The molecule has 3 rings (SSSR count). The zero-order valence-corrected chi connectivity index (χ0v) is 11.7. The van der Waals surface area contributed by atoms with Gasteiger partial charge in [-0.1, -0.05) is 24.3 Å². The Hall–Kier alpha value is -2.55. The Morgan fingerprint density at radius 1 is 0.850 bits per heavy atom. The molecule has 3 heteroatoms. The Labute approximate surface area is 119 Å². The van der Waals surface area contributed by atoms with Gasteiger partial charge in [-0.15, -0.1) is 0 Å². The van der Waals surface area contributed by atoms with Crippen molar-refractivity contribution in [2.24, 2.45) is 0 Å². The average Bonchev–Trinajstić information content (AvgIpc) is 2.48. The summed E-state index contributed by atoms with van der Waals surface area (Å²) in [4.78, 5) is 6.17. The first-order valence-corrected chi connectivity index (χ1v) is 6.43. The Morgan fingerprint density at radius 3 is 2.15 bits per heavy atom. The van der Waals surface area contributed by atoms with Crippen LogP contribution >= 0.6 is 0 Å². The molecule has 102 valence electrons. The van der Waals surface area contributed by atoms with E-state index < -0.39 is 0 Å². The minimum absolute atomic E-state index is 0.311. The summed E-state index contributed by atoms with van der Waals surface area (Å²) in [6, 6.07) is 19.2. The standard InChI is InChI=1S/C9H7N.C8H11NO/c1-2-6-9-8(4-1)5-3-7-10-9;1-9(2)7-3-5-8(10)6-4-7/h1-7H;3-6,10H,1-2H3. The molecule has 3 nitrogen and oxygen atoms in total. The predicted octanol–water partition coefficient (Wildman–Crippen LogP) is 3.69. The average molecular weight is 266 g/mol. The number of para-hydroxylation sites is 1. The van der Waals surface area contributed by atoms with Gasteiger partial charge in [0.1, 0.15) is 5.75 Å². The normalized spacial score (nSPS) is 9.70. The first-order chi connectivity index (χ1) is 9.66. The van der Waals surface area contributed by atoms with Gasteiger partial charge in [0.05, 0.1) is 5.52 Å². The summed E-state index contributed by atoms with van der Waals surface area (Å²) in [5.74, 6) is 0.311. The van der Waals surface area contributed by atoms with Gasteiger partial charge in [0.25, 0.3) is 0 Å². The zero-order valence-electron chi connectivity index (χ0n) is 11.7. The van der Waals surface area contributed by atoms with Crippen molar-refractivity contribution in [1.29, 1.82) is 0 Å². The van der Waals surface area contributed by atoms with E-state index in [-0.39, 0.29) is 0 Å². The third-order valence-electron chi connectivity index (χ3n) is 2.88. The highest BCUT2D eigenvalue weighted by atomic mass is 16.3. The third kappa shape index (κ3) is 3.72. The monoisotopic (exact) mass is 266 g/mol. The second kappa shape index (κ2) is 6.57. The van der Waals surface area contributed by atoms with Crippen molar-refractivity contribution >= 4 is 16.6 Å². The van der Waals surface area contributed by atoms with E-state index in [0.29, 0.717) is 5.75 Å². The number of rotatable bonds is 1. The maximum absolute atomic E-state index is 8.92. The topological polar surface area (TPSA) is 36.4 Å². The predicted molar refractivity (Wildman–Crippen MR) is 84.2 cm³/mol. The summed E-state index contributed by atoms with van der Waals surface area (Å²) in [5, 5.41) is 10.1. The number of aromatic nitrogens is 1. The number of phenols is 1. The molecule has 1 N–H and O–H groups in total. The summed E-state index contributed by atoms with van der Waals surface area (Å²) in [5.41, 5.74) is 2.16. The van der Waals surface area contributed by atoms with Crippen molar-refractivity contribution in [1.82, 2.24) is 4.98 Å². The molecule has 0 fully saturated rings. The van der Waals surface area contributed by atoms with Crippen LogP contribution in [0.2, 0.25) is 0 Å². The highest BCUT2D eigenvalue weighted by Gasteiger charge is 1.92. The van der Waals surface area contributed by atoms with Gasteiger partial charge in [-0.2, -0.15) is 0 Å². The Morgan fingerprint density at radius 2 is 1.50 bits per heavy atom. The van der Waals surface area contributed by atoms with E-state index >= 15 is 0 Å². The molecule has 1 aromatic heterocycles. The number of hydrogen-bond donors (Lipinski definition) is 1. The fourth-order valence-corrected chi connectivity index (χ4v) is 1.77. The van der Waals surface area contributed by atoms with Gasteiger partial charge in [0.15, 0.2) is 0 Å². The smallest absolute Gasteiger partial charge is 0.115 e. The maximum Gasteiger partial charge on any atom is 0.115 e. The van der Waals surface area contributed by atoms with Gasteiger partial charge in [-0.25, -0.2) is 0 Å². The van der Waals surface area contributed by atoms with Crippen LogP contribution in [0.4, 0.5) is 5.69 Å². The molecule has 0 aliphatic carbocycles. The first-order valence-electron chi connectivity index (χ1n) is 6.43. The Balaban J connectivity index is 0.000000147. The van der Waals surface area contributed by atoms with Gasteiger partial charge >= 0.3 is 0 Å². The molecule has 0 radical (unpaired) electrons. The van der Waals surface area contributed by atoms with Gasteiger partial charge in [0, 0.05) is 31.4 Å². The Bertz CT molecular complexity index is 598. The second-order valence-electron chi connectivity index (χ2n) is 4.61. The van der Waals surface area contributed by atoms with Crippen LogP contribution in [0.1, 0.15) is 0 Å². The highest BCUT2D eigenvalue weighted by Crippen LogP contribution is 2.15. The second-order valence-corrected chi connectivity index (χ2v) is 4.61. The van der Waals surface area contributed by atoms with Crippen molar-refractivity contribution in [3.05, 3.63) is 66.9 Å². The molecule has 0 saturated carbocycles. The molecule has 0 aliphatic heterocycles. The van der Waals surface area contributed by atoms with Crippen molar-refractivity contribution in [2.45, 2.75) is 0 Å². The Kier molecular flexibility index (Phi) is 4.56. The number of fused-ring (bicyclic) bond motifs is 1. The number of hydrogen-bond acceptors (Lipinski definition) is 3. The van der Waals surface area contributed by atoms with Crippen molar-refractivity contribution < 1.29 is 5.11 Å². The fraction of sp³-hybridized carbons (Fsp3) is 0.118. The van der Waals surface area contributed by atoms with Crippen LogP contribution in [0.3, 0.4) is 0 Å². The van der Waals surface area contributed by atoms with E-state index in [1.165, 1.54) is 5.39 Å². The van der Waals surface area contributed by atoms with Crippen LogP contribution in [0.15, 0.2) is 66.9 Å². The molecular formula is C17H18N2O. The van der Waals surface area contributed by atoms with E-state index in [4.69, 9.17) is 5.11 Å². The molecule has 3 aromatic rings. The number of aromatic hydroxyl groups is 1. The van der Waals surface area contributed by atoms with E-state index in [1.54, 1.807) is 12.1 Å². The van der Waals surface area contributed by atoms with E-state index in [0.717, 1.165) is 11.2 Å². The minimum Gasteiger partial charge on any atom is -0.508 e. The highest BCUT2D eigenvalue weighted by molar-refractivity contribution is 5.77. The lowest BCUT2D eigenvalue weighted by molar-refractivity contribution is 0.475. The molecule has 0 unspecified atom stereocenters. The van der Waals surface area contributed by atoms with Gasteiger partial charge in [0.2, 0.25) is 0 Å². The summed E-state index contributed by atoms with van der Waals surface area (Å²) >= 11 is 0. The molecule has 0 saturated heterocycles. The maximum atomic E-state index is 8.92. The van der Waals surface area contributed by atoms with Crippen molar-refractivity contribution in [3.63, 3.8) is 0 Å². The van der Waals surface area contributed by atoms with E-state index in [1.807, 2.05) is 61.6 Å². The van der Waals surface area contributed by atoms with Crippen LogP contribution < -0.4 is 4.90 Å². The number of anilines is 1. The van der Waals surface area contributed by atoms with Crippen LogP contribution in [0.5, 0.6) is 5.75 Å². The summed E-state index contributed by atoms with van der Waals surface area (Å²) in [6.07, 6.45) is 1.81. The lowest BCUT2D eigenvalue weighted by atomic mass is 10.2. The summed E-state index contributed by atoms with van der Waals surface area (Å²) < 4.78 is 0. The zero-order chi connectivity index (χ0) is 14.4. The number of pyridine rings is 1. The molecular weight excluding hydrogens is 248 g/mol. The van der Waals surface area contributed by atoms with Crippen LogP contribution in [0.25, 0.3) is 10.9 Å². The number of nitrogens with zero attached hydrogens (tertiary/aromatic N) is 2. The van der Waals surface area contributed by atoms with Crippen LogP contribution in [0, 0.1) is 0 Å². The molecule has 0 bridgehead atoms.